The molecule has 0 fully saturated rings. The highest BCUT2D eigenvalue weighted by Gasteiger charge is 2.12. The van der Waals surface area contributed by atoms with Gasteiger partial charge in [0.25, 0.3) is 0 Å². The SMILES string of the molecule is Cc1cccc2[nH]cc([C@@H](O)CN)c12. The van der Waals surface area contributed by atoms with Crippen LogP contribution in [0.4, 0.5) is 0 Å². The maximum atomic E-state index is 9.70. The van der Waals surface area contributed by atoms with Crippen LogP contribution in [-0.2, 0) is 0 Å². The summed E-state index contributed by atoms with van der Waals surface area (Å²) in [4.78, 5) is 3.13. The number of H-pyrrole nitrogens is 1. The molecule has 1 aromatic heterocycles. The van der Waals surface area contributed by atoms with Crippen LogP contribution < -0.4 is 5.73 Å². The lowest BCUT2D eigenvalue weighted by Gasteiger charge is -2.07. The Morgan fingerprint density at radius 3 is 3.00 bits per heavy atom. The van der Waals surface area contributed by atoms with Crippen molar-refractivity contribution < 1.29 is 5.11 Å². The van der Waals surface area contributed by atoms with Gasteiger partial charge in [-0.15, -0.1) is 0 Å². The predicted octanol–water partition coefficient (Wildman–Crippen LogP) is 1.47. The average molecular weight is 190 g/mol. The van der Waals surface area contributed by atoms with Crippen LogP contribution in [0.2, 0.25) is 0 Å². The maximum absolute atomic E-state index is 9.70. The third kappa shape index (κ3) is 1.31. The molecule has 1 aromatic carbocycles. The first-order valence-electron chi connectivity index (χ1n) is 4.68. The normalized spacial score (nSPS) is 13.4. The van der Waals surface area contributed by atoms with Gasteiger partial charge >= 0.3 is 0 Å². The molecule has 3 nitrogen and oxygen atoms in total. The lowest BCUT2D eigenvalue weighted by molar-refractivity contribution is 0.188. The fourth-order valence-corrected chi connectivity index (χ4v) is 1.79. The molecule has 74 valence electrons. The Morgan fingerprint density at radius 2 is 2.29 bits per heavy atom. The molecule has 0 aliphatic heterocycles. The van der Waals surface area contributed by atoms with E-state index in [0.717, 1.165) is 22.0 Å². The fourth-order valence-electron chi connectivity index (χ4n) is 1.79. The number of hydrogen-bond acceptors (Lipinski definition) is 2. The molecular weight excluding hydrogens is 176 g/mol. The summed E-state index contributed by atoms with van der Waals surface area (Å²) in [6.07, 6.45) is 1.25. The third-order valence-electron chi connectivity index (χ3n) is 2.53. The summed E-state index contributed by atoms with van der Waals surface area (Å²) >= 11 is 0. The number of aliphatic hydroxyl groups excluding tert-OH is 1. The van der Waals surface area contributed by atoms with Gasteiger partial charge in [0.15, 0.2) is 0 Å². The van der Waals surface area contributed by atoms with Crippen molar-refractivity contribution in [3.8, 4) is 0 Å². The molecule has 3 heteroatoms. The molecule has 0 amide bonds. The van der Waals surface area contributed by atoms with Crippen molar-refractivity contribution in [1.29, 1.82) is 0 Å². The second-order valence-electron chi connectivity index (χ2n) is 3.49. The van der Waals surface area contributed by atoms with E-state index in [4.69, 9.17) is 5.73 Å². The fraction of sp³-hybridized carbons (Fsp3) is 0.273. The molecule has 2 aromatic rings. The molecule has 0 saturated carbocycles. The van der Waals surface area contributed by atoms with E-state index in [1.54, 1.807) is 0 Å². The van der Waals surface area contributed by atoms with Gasteiger partial charge in [0.2, 0.25) is 0 Å². The minimum atomic E-state index is -0.579. The van der Waals surface area contributed by atoms with Crippen molar-refractivity contribution in [1.82, 2.24) is 4.98 Å². The smallest absolute Gasteiger partial charge is 0.0932 e. The van der Waals surface area contributed by atoms with E-state index in [1.165, 1.54) is 0 Å². The molecule has 0 spiro atoms. The van der Waals surface area contributed by atoms with Gasteiger partial charge < -0.3 is 15.8 Å². The van der Waals surface area contributed by atoms with Gasteiger partial charge in [-0.2, -0.15) is 0 Å². The van der Waals surface area contributed by atoms with E-state index < -0.39 is 6.10 Å². The van der Waals surface area contributed by atoms with Crippen LogP contribution in [0.1, 0.15) is 17.2 Å². The van der Waals surface area contributed by atoms with Crippen molar-refractivity contribution in [2.24, 2.45) is 5.73 Å². The lowest BCUT2D eigenvalue weighted by atomic mass is 10.0. The van der Waals surface area contributed by atoms with E-state index in [2.05, 4.69) is 4.98 Å². The van der Waals surface area contributed by atoms with E-state index in [0.29, 0.717) is 0 Å². The first-order valence-corrected chi connectivity index (χ1v) is 4.68. The Morgan fingerprint density at radius 1 is 1.50 bits per heavy atom. The van der Waals surface area contributed by atoms with E-state index >= 15 is 0 Å². The van der Waals surface area contributed by atoms with E-state index in [9.17, 15) is 5.11 Å². The largest absolute Gasteiger partial charge is 0.387 e. The summed E-state index contributed by atoms with van der Waals surface area (Å²) in [6, 6.07) is 6.02. The zero-order chi connectivity index (χ0) is 10.1. The van der Waals surface area contributed by atoms with Gasteiger partial charge in [0, 0.05) is 29.2 Å². The summed E-state index contributed by atoms with van der Waals surface area (Å²) in [7, 11) is 0. The molecule has 14 heavy (non-hydrogen) atoms. The van der Waals surface area contributed by atoms with Gasteiger partial charge in [-0.25, -0.2) is 0 Å². The molecule has 4 N–H and O–H groups in total. The number of fused-ring (bicyclic) bond motifs is 1. The van der Waals surface area contributed by atoms with Crippen LogP contribution >= 0.6 is 0 Å². The predicted molar refractivity (Wildman–Crippen MR) is 57.0 cm³/mol. The summed E-state index contributed by atoms with van der Waals surface area (Å²) in [5, 5.41) is 10.8. The van der Waals surface area contributed by atoms with Gasteiger partial charge in [0.05, 0.1) is 6.10 Å². The monoisotopic (exact) mass is 190 g/mol. The van der Waals surface area contributed by atoms with Crippen LogP contribution in [0.5, 0.6) is 0 Å². The van der Waals surface area contributed by atoms with Crippen LogP contribution in [0.3, 0.4) is 0 Å². The quantitative estimate of drug-likeness (QED) is 0.671. The summed E-state index contributed by atoms with van der Waals surface area (Å²) in [6.45, 7) is 2.28. The number of nitrogens with one attached hydrogen (secondary N) is 1. The minimum absolute atomic E-state index is 0.251. The van der Waals surface area contributed by atoms with Crippen LogP contribution in [0.15, 0.2) is 24.4 Å². The van der Waals surface area contributed by atoms with Gasteiger partial charge in [0.1, 0.15) is 0 Å². The highest BCUT2D eigenvalue weighted by atomic mass is 16.3. The van der Waals surface area contributed by atoms with Crippen molar-refractivity contribution in [3.05, 3.63) is 35.5 Å². The topological polar surface area (TPSA) is 62.0 Å². The maximum Gasteiger partial charge on any atom is 0.0932 e. The summed E-state index contributed by atoms with van der Waals surface area (Å²) < 4.78 is 0. The highest BCUT2D eigenvalue weighted by Crippen LogP contribution is 2.26. The third-order valence-corrected chi connectivity index (χ3v) is 2.53. The van der Waals surface area contributed by atoms with E-state index in [-0.39, 0.29) is 6.54 Å². The number of aliphatic hydroxyl groups is 1. The number of nitrogens with two attached hydrogens (primary N) is 1. The summed E-state index contributed by atoms with van der Waals surface area (Å²) in [5.74, 6) is 0. The molecule has 0 aliphatic rings. The zero-order valence-electron chi connectivity index (χ0n) is 8.12. The number of aromatic amines is 1. The Bertz CT molecular complexity index is 447. The number of benzene rings is 1. The van der Waals surface area contributed by atoms with Crippen molar-refractivity contribution >= 4 is 10.9 Å². The number of rotatable bonds is 2. The van der Waals surface area contributed by atoms with Crippen LogP contribution in [-0.4, -0.2) is 16.6 Å². The Balaban J connectivity index is 2.67. The number of aromatic nitrogens is 1. The first kappa shape index (κ1) is 9.24. The Labute approximate surface area is 82.6 Å². The molecule has 0 unspecified atom stereocenters. The zero-order valence-corrected chi connectivity index (χ0v) is 8.12. The highest BCUT2D eigenvalue weighted by molar-refractivity contribution is 5.86. The van der Waals surface area contributed by atoms with Crippen molar-refractivity contribution in [3.63, 3.8) is 0 Å². The second-order valence-corrected chi connectivity index (χ2v) is 3.49. The molecule has 0 saturated heterocycles. The van der Waals surface area contributed by atoms with Crippen molar-refractivity contribution in [2.45, 2.75) is 13.0 Å². The molecule has 1 heterocycles. The Hall–Kier alpha value is -1.32. The van der Waals surface area contributed by atoms with Gasteiger partial charge in [-0.3, -0.25) is 0 Å². The lowest BCUT2D eigenvalue weighted by Crippen LogP contribution is -2.11. The second kappa shape index (κ2) is 3.44. The molecule has 2 rings (SSSR count). The number of hydrogen-bond donors (Lipinski definition) is 3. The average Bonchev–Trinajstić information content (AvgIpc) is 2.62. The first-order chi connectivity index (χ1) is 6.74. The minimum Gasteiger partial charge on any atom is -0.387 e. The van der Waals surface area contributed by atoms with Crippen LogP contribution in [0.25, 0.3) is 10.9 Å². The molecule has 0 radical (unpaired) electrons. The molecule has 0 aliphatic carbocycles. The molecular formula is C11H14N2O. The van der Waals surface area contributed by atoms with Gasteiger partial charge in [-0.05, 0) is 18.6 Å². The van der Waals surface area contributed by atoms with Crippen molar-refractivity contribution in [2.75, 3.05) is 6.54 Å². The van der Waals surface area contributed by atoms with E-state index in [1.807, 2.05) is 31.3 Å². The van der Waals surface area contributed by atoms with Gasteiger partial charge in [-0.1, -0.05) is 12.1 Å². The molecule has 1 atom stereocenters. The molecule has 0 bridgehead atoms. The van der Waals surface area contributed by atoms with Crippen LogP contribution in [0, 0.1) is 6.92 Å². The summed E-state index contributed by atoms with van der Waals surface area (Å²) in [5.41, 5.74) is 8.54. The Kier molecular flexibility index (Phi) is 2.27. The standard InChI is InChI=1S/C11H14N2O/c1-7-3-2-4-9-11(7)8(6-13-9)10(14)5-12/h2-4,6,10,13-14H,5,12H2,1H3/t10-/m0/s1. The number of aryl methyl sites for hydroxylation is 1.